The summed E-state index contributed by atoms with van der Waals surface area (Å²) in [5, 5.41) is 10.2. The van der Waals surface area contributed by atoms with Gasteiger partial charge in [0.05, 0.1) is 6.10 Å². The van der Waals surface area contributed by atoms with Crippen LogP contribution in [0, 0.1) is 11.6 Å². The molecule has 3 heteroatoms. The van der Waals surface area contributed by atoms with Gasteiger partial charge < -0.3 is 5.11 Å². The molecule has 1 nitrogen and oxygen atoms in total. The van der Waals surface area contributed by atoms with Crippen molar-refractivity contribution in [3.05, 3.63) is 70.8 Å². The molecule has 1 atom stereocenters. The lowest BCUT2D eigenvalue weighted by atomic mass is 9.98. The molecule has 1 unspecified atom stereocenters. The zero-order valence-electron chi connectivity index (χ0n) is 11.0. The summed E-state index contributed by atoms with van der Waals surface area (Å²) in [5.41, 5.74) is 2.68. The number of benzene rings is 2. The summed E-state index contributed by atoms with van der Waals surface area (Å²) >= 11 is 0. The molecule has 1 aliphatic carbocycles. The van der Waals surface area contributed by atoms with Crippen LogP contribution in [0.1, 0.15) is 41.6 Å². The molecule has 2 aromatic rings. The van der Waals surface area contributed by atoms with E-state index in [1.165, 1.54) is 24.5 Å². The van der Waals surface area contributed by atoms with E-state index < -0.39 is 17.7 Å². The van der Waals surface area contributed by atoms with E-state index >= 15 is 0 Å². The maximum Gasteiger partial charge on any atom is 0.159 e. The fraction of sp³-hybridized carbons (Fsp3) is 0.294. The number of aliphatic hydroxyl groups excluding tert-OH is 1. The highest BCUT2D eigenvalue weighted by molar-refractivity contribution is 5.31. The standard InChI is InChI=1S/C17H16F2O/c18-15-7-4-11(8-16(15)19)9-17(20)14-3-1-2-13(10-14)12-5-6-12/h1-4,7-8,10,12,17,20H,5-6,9H2. The fourth-order valence-corrected chi connectivity index (χ4v) is 2.44. The Kier molecular flexibility index (Phi) is 3.53. The quantitative estimate of drug-likeness (QED) is 0.889. The van der Waals surface area contributed by atoms with E-state index in [0.29, 0.717) is 11.5 Å². The lowest BCUT2D eigenvalue weighted by molar-refractivity contribution is 0.178. The first-order chi connectivity index (χ1) is 9.63. The lowest BCUT2D eigenvalue weighted by Gasteiger charge is -2.12. The molecule has 1 fully saturated rings. The minimum atomic E-state index is -0.874. The molecule has 3 rings (SSSR count). The van der Waals surface area contributed by atoms with Crippen molar-refractivity contribution in [1.29, 1.82) is 0 Å². The lowest BCUT2D eigenvalue weighted by Crippen LogP contribution is -2.03. The Morgan fingerprint density at radius 1 is 1.05 bits per heavy atom. The van der Waals surface area contributed by atoms with Crippen molar-refractivity contribution in [3.63, 3.8) is 0 Å². The van der Waals surface area contributed by atoms with Crippen molar-refractivity contribution in [2.45, 2.75) is 31.3 Å². The zero-order valence-corrected chi connectivity index (χ0v) is 11.0. The molecule has 1 saturated carbocycles. The van der Waals surface area contributed by atoms with Crippen LogP contribution in [0.25, 0.3) is 0 Å². The van der Waals surface area contributed by atoms with E-state index in [1.807, 2.05) is 18.2 Å². The van der Waals surface area contributed by atoms with Gasteiger partial charge in [-0.15, -0.1) is 0 Å². The average Bonchev–Trinajstić information content (AvgIpc) is 3.28. The van der Waals surface area contributed by atoms with Crippen LogP contribution in [0.3, 0.4) is 0 Å². The first-order valence-corrected chi connectivity index (χ1v) is 6.85. The summed E-state index contributed by atoms with van der Waals surface area (Å²) in [4.78, 5) is 0. The molecule has 0 bridgehead atoms. The predicted molar refractivity (Wildman–Crippen MR) is 73.4 cm³/mol. The highest BCUT2D eigenvalue weighted by Gasteiger charge is 2.24. The number of aliphatic hydroxyl groups is 1. The molecular formula is C17H16F2O. The maximum atomic E-state index is 13.2. The minimum absolute atomic E-state index is 0.283. The van der Waals surface area contributed by atoms with Gasteiger partial charge in [-0.2, -0.15) is 0 Å². The van der Waals surface area contributed by atoms with Crippen molar-refractivity contribution in [2.75, 3.05) is 0 Å². The summed E-state index contributed by atoms with van der Waals surface area (Å²) in [6, 6.07) is 11.6. The van der Waals surface area contributed by atoms with Crippen LogP contribution in [0.5, 0.6) is 0 Å². The van der Waals surface area contributed by atoms with Gasteiger partial charge in [-0.1, -0.05) is 30.3 Å². The van der Waals surface area contributed by atoms with Crippen LogP contribution >= 0.6 is 0 Å². The summed E-state index contributed by atoms with van der Waals surface area (Å²) in [5.74, 6) is -1.11. The van der Waals surface area contributed by atoms with Crippen molar-refractivity contribution < 1.29 is 13.9 Å². The van der Waals surface area contributed by atoms with Gasteiger partial charge in [0.25, 0.3) is 0 Å². The van der Waals surface area contributed by atoms with E-state index in [1.54, 1.807) is 0 Å². The van der Waals surface area contributed by atoms with Gasteiger partial charge in [0.2, 0.25) is 0 Å². The summed E-state index contributed by atoms with van der Waals surface area (Å²) in [7, 11) is 0. The third-order valence-electron chi connectivity index (χ3n) is 3.76. The molecule has 1 N–H and O–H groups in total. The van der Waals surface area contributed by atoms with E-state index in [-0.39, 0.29) is 6.42 Å². The predicted octanol–water partition coefficient (Wildman–Crippen LogP) is 4.12. The topological polar surface area (TPSA) is 20.2 Å². The van der Waals surface area contributed by atoms with Gasteiger partial charge in [0, 0.05) is 6.42 Å². The normalized spacial score (nSPS) is 16.1. The molecule has 0 saturated heterocycles. The van der Waals surface area contributed by atoms with Gasteiger partial charge in [-0.25, -0.2) is 8.78 Å². The summed E-state index contributed by atoms with van der Waals surface area (Å²) in [6.07, 6.45) is 2.01. The molecular weight excluding hydrogens is 258 g/mol. The second kappa shape index (κ2) is 5.33. The summed E-state index contributed by atoms with van der Waals surface area (Å²) in [6.45, 7) is 0. The Labute approximate surface area is 116 Å². The van der Waals surface area contributed by atoms with Gasteiger partial charge in [-0.05, 0) is 47.6 Å². The van der Waals surface area contributed by atoms with Crippen LogP contribution in [0.4, 0.5) is 8.78 Å². The van der Waals surface area contributed by atoms with Crippen molar-refractivity contribution >= 4 is 0 Å². The Balaban J connectivity index is 1.76. The van der Waals surface area contributed by atoms with Gasteiger partial charge in [0.1, 0.15) is 0 Å². The molecule has 0 heterocycles. The SMILES string of the molecule is OC(Cc1ccc(F)c(F)c1)c1cccc(C2CC2)c1. The molecule has 0 aliphatic heterocycles. The van der Waals surface area contributed by atoms with Crippen molar-refractivity contribution in [3.8, 4) is 0 Å². The number of rotatable bonds is 4. The molecule has 104 valence electrons. The smallest absolute Gasteiger partial charge is 0.159 e. The van der Waals surface area contributed by atoms with E-state index in [0.717, 1.165) is 17.7 Å². The molecule has 0 amide bonds. The van der Waals surface area contributed by atoms with Crippen LogP contribution < -0.4 is 0 Å². The van der Waals surface area contributed by atoms with Crippen LogP contribution in [-0.2, 0) is 6.42 Å². The second-order valence-electron chi connectivity index (χ2n) is 5.41. The number of hydrogen-bond acceptors (Lipinski definition) is 1. The highest BCUT2D eigenvalue weighted by atomic mass is 19.2. The van der Waals surface area contributed by atoms with Crippen molar-refractivity contribution in [1.82, 2.24) is 0 Å². The first-order valence-electron chi connectivity index (χ1n) is 6.85. The molecule has 20 heavy (non-hydrogen) atoms. The number of hydrogen-bond donors (Lipinski definition) is 1. The van der Waals surface area contributed by atoms with Crippen molar-refractivity contribution in [2.24, 2.45) is 0 Å². The molecule has 0 radical (unpaired) electrons. The third kappa shape index (κ3) is 2.88. The van der Waals surface area contributed by atoms with Crippen LogP contribution in [0.15, 0.2) is 42.5 Å². The number of halogens is 2. The highest BCUT2D eigenvalue weighted by Crippen LogP contribution is 2.40. The Morgan fingerprint density at radius 3 is 2.55 bits per heavy atom. The third-order valence-corrected chi connectivity index (χ3v) is 3.76. The Hall–Kier alpha value is -1.74. The Bertz CT molecular complexity index is 620. The second-order valence-corrected chi connectivity index (χ2v) is 5.41. The maximum absolute atomic E-state index is 13.2. The fourth-order valence-electron chi connectivity index (χ4n) is 2.44. The van der Waals surface area contributed by atoms with Gasteiger partial charge in [0.15, 0.2) is 11.6 Å². The van der Waals surface area contributed by atoms with E-state index in [2.05, 4.69) is 6.07 Å². The largest absolute Gasteiger partial charge is 0.388 e. The van der Waals surface area contributed by atoms with E-state index in [4.69, 9.17) is 0 Å². The monoisotopic (exact) mass is 274 g/mol. The van der Waals surface area contributed by atoms with Gasteiger partial charge >= 0.3 is 0 Å². The average molecular weight is 274 g/mol. The van der Waals surface area contributed by atoms with Crippen LogP contribution in [0.2, 0.25) is 0 Å². The van der Waals surface area contributed by atoms with Gasteiger partial charge in [-0.3, -0.25) is 0 Å². The first kappa shape index (κ1) is 13.3. The Morgan fingerprint density at radius 2 is 1.85 bits per heavy atom. The molecule has 0 aromatic heterocycles. The molecule has 1 aliphatic rings. The zero-order chi connectivity index (χ0) is 14.1. The summed E-state index contributed by atoms with van der Waals surface area (Å²) < 4.78 is 26.0. The molecule has 2 aromatic carbocycles. The molecule has 0 spiro atoms. The van der Waals surface area contributed by atoms with Crippen LogP contribution in [-0.4, -0.2) is 5.11 Å². The minimum Gasteiger partial charge on any atom is -0.388 e. The van der Waals surface area contributed by atoms with E-state index in [9.17, 15) is 13.9 Å².